The fraction of sp³-hybridized carbons (Fsp3) is 1.00. The molecule has 1 rings (SSSR count). The van der Waals surface area contributed by atoms with Crippen molar-refractivity contribution in [1.82, 2.24) is 10.2 Å². The molecule has 0 amide bonds. The van der Waals surface area contributed by atoms with Crippen molar-refractivity contribution in [2.75, 3.05) is 33.4 Å². The standard InChI is InChI=1S/C15H32N2O/c1-6-13(2)17(10-11-18-5)12-14-15(3,4)8-7-9-16-14/h13-14,16H,6-12H2,1-5H3. The van der Waals surface area contributed by atoms with Crippen molar-refractivity contribution in [2.45, 2.75) is 59.0 Å². The number of piperidine rings is 1. The quantitative estimate of drug-likeness (QED) is 0.757. The van der Waals surface area contributed by atoms with Crippen LogP contribution in [0.15, 0.2) is 0 Å². The predicted molar refractivity (Wildman–Crippen MR) is 78.0 cm³/mol. The van der Waals surface area contributed by atoms with Crippen molar-refractivity contribution >= 4 is 0 Å². The lowest BCUT2D eigenvalue weighted by Gasteiger charge is -2.43. The van der Waals surface area contributed by atoms with Crippen molar-refractivity contribution in [2.24, 2.45) is 5.41 Å². The molecule has 0 spiro atoms. The third-order valence-electron chi connectivity index (χ3n) is 4.55. The fourth-order valence-electron chi connectivity index (χ4n) is 2.78. The Bertz CT molecular complexity index is 231. The molecule has 0 radical (unpaired) electrons. The van der Waals surface area contributed by atoms with Gasteiger partial charge in [-0.1, -0.05) is 20.8 Å². The Morgan fingerprint density at radius 1 is 1.44 bits per heavy atom. The van der Waals surface area contributed by atoms with Gasteiger partial charge in [0.15, 0.2) is 0 Å². The third kappa shape index (κ3) is 4.52. The Hall–Kier alpha value is -0.120. The van der Waals surface area contributed by atoms with E-state index in [4.69, 9.17) is 4.74 Å². The van der Waals surface area contributed by atoms with Gasteiger partial charge in [-0.25, -0.2) is 0 Å². The van der Waals surface area contributed by atoms with Crippen molar-refractivity contribution in [3.8, 4) is 0 Å². The summed E-state index contributed by atoms with van der Waals surface area (Å²) in [7, 11) is 1.79. The lowest BCUT2D eigenvalue weighted by Crippen LogP contribution is -2.54. The van der Waals surface area contributed by atoms with Crippen molar-refractivity contribution in [3.05, 3.63) is 0 Å². The molecule has 1 aliphatic rings. The first-order valence-corrected chi connectivity index (χ1v) is 7.47. The van der Waals surface area contributed by atoms with Crippen LogP contribution in [0.5, 0.6) is 0 Å². The zero-order valence-electron chi connectivity index (χ0n) is 13.0. The van der Waals surface area contributed by atoms with Gasteiger partial charge in [0, 0.05) is 32.3 Å². The van der Waals surface area contributed by atoms with Crippen LogP contribution in [0.1, 0.15) is 47.0 Å². The second kappa shape index (κ2) is 7.46. The molecule has 1 N–H and O–H groups in total. The molecular weight excluding hydrogens is 224 g/mol. The minimum absolute atomic E-state index is 0.414. The van der Waals surface area contributed by atoms with E-state index in [9.17, 15) is 0 Å². The van der Waals surface area contributed by atoms with E-state index < -0.39 is 0 Å². The second-order valence-corrected chi connectivity index (χ2v) is 6.34. The van der Waals surface area contributed by atoms with E-state index in [-0.39, 0.29) is 0 Å². The van der Waals surface area contributed by atoms with Crippen LogP contribution >= 0.6 is 0 Å². The molecular formula is C15H32N2O. The molecule has 3 heteroatoms. The van der Waals surface area contributed by atoms with Crippen molar-refractivity contribution in [3.63, 3.8) is 0 Å². The summed E-state index contributed by atoms with van der Waals surface area (Å²) >= 11 is 0. The molecule has 0 aliphatic carbocycles. The largest absolute Gasteiger partial charge is 0.383 e. The third-order valence-corrected chi connectivity index (χ3v) is 4.55. The summed E-state index contributed by atoms with van der Waals surface area (Å²) < 4.78 is 5.25. The van der Waals surface area contributed by atoms with Gasteiger partial charge in [-0.15, -0.1) is 0 Å². The molecule has 3 nitrogen and oxygen atoms in total. The fourth-order valence-corrected chi connectivity index (χ4v) is 2.78. The molecule has 1 aliphatic heterocycles. The van der Waals surface area contributed by atoms with Crippen molar-refractivity contribution < 1.29 is 4.74 Å². The highest BCUT2D eigenvalue weighted by Gasteiger charge is 2.33. The van der Waals surface area contributed by atoms with E-state index in [1.54, 1.807) is 7.11 Å². The Kier molecular flexibility index (Phi) is 6.61. The van der Waals surface area contributed by atoms with E-state index >= 15 is 0 Å². The van der Waals surface area contributed by atoms with Crippen LogP contribution in [-0.4, -0.2) is 50.3 Å². The highest BCUT2D eigenvalue weighted by Crippen LogP contribution is 2.30. The first-order chi connectivity index (χ1) is 8.51. The maximum atomic E-state index is 5.25. The molecule has 0 bridgehead atoms. The summed E-state index contributed by atoms with van der Waals surface area (Å²) in [5.74, 6) is 0. The Labute approximate surface area is 113 Å². The Morgan fingerprint density at radius 3 is 2.72 bits per heavy atom. The van der Waals surface area contributed by atoms with Gasteiger partial charge < -0.3 is 10.1 Å². The van der Waals surface area contributed by atoms with E-state index in [0.29, 0.717) is 17.5 Å². The van der Waals surface area contributed by atoms with E-state index in [1.165, 1.54) is 25.8 Å². The molecule has 0 aromatic rings. The molecule has 0 aromatic heterocycles. The maximum Gasteiger partial charge on any atom is 0.0589 e. The number of hydrogen-bond donors (Lipinski definition) is 1. The van der Waals surface area contributed by atoms with Gasteiger partial charge in [-0.05, 0) is 38.1 Å². The molecule has 0 saturated carbocycles. The summed E-state index contributed by atoms with van der Waals surface area (Å²) in [4.78, 5) is 2.58. The van der Waals surface area contributed by atoms with Crippen LogP contribution in [0, 0.1) is 5.41 Å². The SMILES string of the molecule is CCC(C)N(CCOC)CC1NCCCC1(C)C. The average molecular weight is 256 g/mol. The normalized spacial score (nSPS) is 25.3. The molecule has 1 saturated heterocycles. The predicted octanol–water partition coefficient (Wildman–Crippen LogP) is 2.51. The summed E-state index contributed by atoms with van der Waals surface area (Å²) in [5.41, 5.74) is 0.414. The second-order valence-electron chi connectivity index (χ2n) is 6.34. The Balaban J connectivity index is 2.57. The number of nitrogens with zero attached hydrogens (tertiary/aromatic N) is 1. The molecule has 1 heterocycles. The van der Waals surface area contributed by atoms with Crippen LogP contribution in [-0.2, 0) is 4.74 Å². The monoisotopic (exact) mass is 256 g/mol. The van der Waals surface area contributed by atoms with E-state index in [1.807, 2.05) is 0 Å². The average Bonchev–Trinajstić information content (AvgIpc) is 2.35. The molecule has 108 valence electrons. The van der Waals surface area contributed by atoms with Gasteiger partial charge in [0.05, 0.1) is 6.61 Å². The number of hydrogen-bond acceptors (Lipinski definition) is 3. The van der Waals surface area contributed by atoms with Crippen LogP contribution in [0.4, 0.5) is 0 Å². The lowest BCUT2D eigenvalue weighted by molar-refractivity contribution is 0.0784. The van der Waals surface area contributed by atoms with Gasteiger partial charge in [0.25, 0.3) is 0 Å². The van der Waals surface area contributed by atoms with Crippen LogP contribution in [0.25, 0.3) is 0 Å². The number of methoxy groups -OCH3 is 1. The van der Waals surface area contributed by atoms with Crippen LogP contribution < -0.4 is 5.32 Å². The zero-order valence-corrected chi connectivity index (χ0v) is 13.0. The smallest absolute Gasteiger partial charge is 0.0589 e. The summed E-state index contributed by atoms with van der Waals surface area (Å²) in [5, 5.41) is 3.71. The summed E-state index contributed by atoms with van der Waals surface area (Å²) in [6.07, 6.45) is 3.85. The van der Waals surface area contributed by atoms with Crippen LogP contribution in [0.3, 0.4) is 0 Å². The zero-order chi connectivity index (χ0) is 13.6. The molecule has 2 unspecified atom stereocenters. The number of ether oxygens (including phenoxy) is 1. The number of nitrogens with one attached hydrogen (secondary N) is 1. The number of rotatable bonds is 7. The van der Waals surface area contributed by atoms with Gasteiger partial charge >= 0.3 is 0 Å². The first-order valence-electron chi connectivity index (χ1n) is 7.47. The highest BCUT2D eigenvalue weighted by molar-refractivity contribution is 4.90. The maximum absolute atomic E-state index is 5.25. The minimum Gasteiger partial charge on any atom is -0.383 e. The van der Waals surface area contributed by atoms with Gasteiger partial charge in [0.1, 0.15) is 0 Å². The van der Waals surface area contributed by atoms with Crippen molar-refractivity contribution in [1.29, 1.82) is 0 Å². The Morgan fingerprint density at radius 2 is 2.17 bits per heavy atom. The van der Waals surface area contributed by atoms with E-state index in [0.717, 1.165) is 19.7 Å². The van der Waals surface area contributed by atoms with Gasteiger partial charge in [-0.3, -0.25) is 4.90 Å². The highest BCUT2D eigenvalue weighted by atomic mass is 16.5. The molecule has 1 fully saturated rings. The minimum atomic E-state index is 0.414. The molecule has 0 aromatic carbocycles. The first kappa shape index (κ1) is 15.9. The lowest BCUT2D eigenvalue weighted by atomic mass is 9.77. The summed E-state index contributed by atoms with van der Waals surface area (Å²) in [6.45, 7) is 13.6. The van der Waals surface area contributed by atoms with E-state index in [2.05, 4.69) is 37.9 Å². The summed E-state index contributed by atoms with van der Waals surface area (Å²) in [6, 6.07) is 1.25. The van der Waals surface area contributed by atoms with Gasteiger partial charge in [-0.2, -0.15) is 0 Å². The topological polar surface area (TPSA) is 24.5 Å². The van der Waals surface area contributed by atoms with Crippen LogP contribution in [0.2, 0.25) is 0 Å². The molecule has 2 atom stereocenters. The van der Waals surface area contributed by atoms with Gasteiger partial charge in [0.2, 0.25) is 0 Å². The molecule has 18 heavy (non-hydrogen) atoms.